The smallest absolute Gasteiger partial charge is 0.119 e. The van der Waals surface area contributed by atoms with Gasteiger partial charge in [-0.1, -0.05) is 84.9 Å². The number of ether oxygens (including phenoxy) is 2. The molecule has 2 N–H and O–H groups in total. The fourth-order valence-electron chi connectivity index (χ4n) is 4.55. The summed E-state index contributed by atoms with van der Waals surface area (Å²) in [5, 5.41) is 7.46. The van der Waals surface area contributed by atoms with E-state index in [1.54, 1.807) is 0 Å². The lowest BCUT2D eigenvalue weighted by atomic mass is 10.00. The third-order valence-corrected chi connectivity index (χ3v) is 6.61. The van der Waals surface area contributed by atoms with Crippen LogP contribution >= 0.6 is 0 Å². The highest BCUT2D eigenvalue weighted by Gasteiger charge is 2.20. The number of rotatable bonds is 10. The van der Waals surface area contributed by atoms with Crippen molar-refractivity contribution in [3.63, 3.8) is 0 Å². The van der Waals surface area contributed by atoms with Crippen molar-refractivity contribution in [1.29, 1.82) is 0 Å². The summed E-state index contributed by atoms with van der Waals surface area (Å²) in [6.45, 7) is 3.13. The average molecular weight is 479 g/mol. The molecule has 1 aliphatic heterocycles. The van der Waals surface area contributed by atoms with Crippen molar-refractivity contribution in [1.82, 2.24) is 10.6 Å². The highest BCUT2D eigenvalue weighted by atomic mass is 16.5. The van der Waals surface area contributed by atoms with Gasteiger partial charge in [-0.25, -0.2) is 0 Å². The van der Waals surface area contributed by atoms with Crippen molar-refractivity contribution in [2.75, 3.05) is 13.1 Å². The lowest BCUT2D eigenvalue weighted by Gasteiger charge is -2.31. The Kier molecular flexibility index (Phi) is 8.30. The van der Waals surface area contributed by atoms with Gasteiger partial charge in [-0.05, 0) is 59.4 Å². The van der Waals surface area contributed by atoms with Crippen molar-refractivity contribution >= 4 is 0 Å². The number of hydrogen-bond acceptors (Lipinski definition) is 4. The molecule has 1 saturated heterocycles. The van der Waals surface area contributed by atoms with Gasteiger partial charge in [0.05, 0.1) is 0 Å². The standard InChI is InChI=1S/C32H34N2O2/c1-3-7-27(8-4-1)23-35-31-15-11-25(12-16-31)19-29-21-34-30(22-33-29)20-26-13-17-32(18-14-26)36-24-28-9-5-2-6-10-28/h1-18,29-30,33-34H,19-24H2/t29-,30+. The van der Waals surface area contributed by atoms with Gasteiger partial charge in [0.15, 0.2) is 0 Å². The Balaban J connectivity index is 1.02. The number of piperazine rings is 1. The lowest BCUT2D eigenvalue weighted by molar-refractivity contribution is 0.305. The Labute approximate surface area is 214 Å². The Hall–Kier alpha value is -3.60. The summed E-state index contributed by atoms with van der Waals surface area (Å²) in [7, 11) is 0. The molecule has 4 nitrogen and oxygen atoms in total. The maximum Gasteiger partial charge on any atom is 0.119 e. The van der Waals surface area contributed by atoms with E-state index in [9.17, 15) is 0 Å². The molecule has 1 aliphatic rings. The molecule has 4 aromatic carbocycles. The topological polar surface area (TPSA) is 42.5 Å². The zero-order valence-corrected chi connectivity index (χ0v) is 20.6. The molecule has 36 heavy (non-hydrogen) atoms. The predicted octanol–water partition coefficient (Wildman–Crippen LogP) is 5.56. The maximum absolute atomic E-state index is 5.91. The van der Waals surface area contributed by atoms with Crippen LogP contribution in [0.3, 0.4) is 0 Å². The summed E-state index contributed by atoms with van der Waals surface area (Å²) in [5.41, 5.74) is 5.01. The Morgan fingerprint density at radius 2 is 0.861 bits per heavy atom. The van der Waals surface area contributed by atoms with E-state index >= 15 is 0 Å². The minimum Gasteiger partial charge on any atom is -0.489 e. The van der Waals surface area contributed by atoms with E-state index in [2.05, 4.69) is 83.4 Å². The van der Waals surface area contributed by atoms with E-state index in [4.69, 9.17) is 9.47 Å². The average Bonchev–Trinajstić information content (AvgIpc) is 2.94. The van der Waals surface area contributed by atoms with Crippen LogP contribution in [0.25, 0.3) is 0 Å². The second-order valence-electron chi connectivity index (χ2n) is 9.46. The fraction of sp³-hybridized carbons (Fsp3) is 0.250. The molecule has 0 spiro atoms. The van der Waals surface area contributed by atoms with Gasteiger partial charge in [-0.15, -0.1) is 0 Å². The third kappa shape index (κ3) is 7.20. The van der Waals surface area contributed by atoms with Gasteiger partial charge in [0.2, 0.25) is 0 Å². The SMILES string of the molecule is c1ccc(COc2ccc(C[C@H]3CN[C@H](Cc4ccc(OCc5ccccc5)cc4)CN3)cc2)cc1. The van der Waals surface area contributed by atoms with Crippen LogP contribution < -0.4 is 20.1 Å². The Morgan fingerprint density at radius 1 is 0.472 bits per heavy atom. The molecule has 0 amide bonds. The number of nitrogens with one attached hydrogen (secondary N) is 2. The van der Waals surface area contributed by atoms with Crippen LogP contribution in [0.15, 0.2) is 109 Å². The van der Waals surface area contributed by atoms with Crippen LogP contribution in [0, 0.1) is 0 Å². The van der Waals surface area contributed by atoms with Gasteiger partial charge < -0.3 is 20.1 Å². The molecule has 0 radical (unpaired) electrons. The monoisotopic (exact) mass is 478 g/mol. The zero-order valence-electron chi connectivity index (χ0n) is 20.6. The molecule has 1 heterocycles. The van der Waals surface area contributed by atoms with Crippen molar-refractivity contribution in [3.05, 3.63) is 131 Å². The highest BCUT2D eigenvalue weighted by molar-refractivity contribution is 5.30. The number of benzene rings is 4. The van der Waals surface area contributed by atoms with E-state index < -0.39 is 0 Å². The van der Waals surface area contributed by atoms with Gasteiger partial charge in [-0.3, -0.25) is 0 Å². The van der Waals surface area contributed by atoms with E-state index in [-0.39, 0.29) is 0 Å². The second kappa shape index (κ2) is 12.4. The third-order valence-electron chi connectivity index (χ3n) is 6.61. The quantitative estimate of drug-likeness (QED) is 0.313. The molecule has 2 atom stereocenters. The van der Waals surface area contributed by atoms with E-state index in [1.807, 2.05) is 36.4 Å². The van der Waals surface area contributed by atoms with Crippen molar-refractivity contribution in [3.8, 4) is 11.5 Å². The first-order valence-electron chi connectivity index (χ1n) is 12.8. The molecular formula is C32H34N2O2. The molecular weight excluding hydrogens is 444 g/mol. The number of hydrogen-bond donors (Lipinski definition) is 2. The molecule has 0 unspecified atom stereocenters. The Bertz CT molecular complexity index is 1070. The first kappa shape index (κ1) is 24.1. The van der Waals surface area contributed by atoms with Crippen LogP contribution in [0.4, 0.5) is 0 Å². The summed E-state index contributed by atoms with van der Waals surface area (Å²) in [6, 6.07) is 38.4. The van der Waals surface area contributed by atoms with Crippen LogP contribution in [0.1, 0.15) is 22.3 Å². The van der Waals surface area contributed by atoms with Crippen molar-refractivity contribution in [2.24, 2.45) is 0 Å². The molecule has 0 aromatic heterocycles. The highest BCUT2D eigenvalue weighted by Crippen LogP contribution is 2.18. The maximum atomic E-state index is 5.91. The van der Waals surface area contributed by atoms with Gasteiger partial charge >= 0.3 is 0 Å². The summed E-state index contributed by atoms with van der Waals surface area (Å²) >= 11 is 0. The summed E-state index contributed by atoms with van der Waals surface area (Å²) in [5.74, 6) is 1.82. The van der Waals surface area contributed by atoms with Crippen LogP contribution in [-0.4, -0.2) is 25.2 Å². The molecule has 5 rings (SSSR count). The van der Waals surface area contributed by atoms with Gasteiger partial charge in [0.1, 0.15) is 24.7 Å². The summed E-state index contributed by atoms with van der Waals surface area (Å²) < 4.78 is 11.8. The molecule has 184 valence electrons. The molecule has 4 aromatic rings. The molecule has 0 aliphatic carbocycles. The summed E-state index contributed by atoms with van der Waals surface area (Å²) in [6.07, 6.45) is 2.01. The molecule has 0 saturated carbocycles. The van der Waals surface area contributed by atoms with Crippen molar-refractivity contribution < 1.29 is 9.47 Å². The fourth-order valence-corrected chi connectivity index (χ4v) is 4.55. The van der Waals surface area contributed by atoms with Gasteiger partial charge in [0.25, 0.3) is 0 Å². The van der Waals surface area contributed by atoms with Gasteiger partial charge in [-0.2, -0.15) is 0 Å². The predicted molar refractivity (Wildman–Crippen MR) is 145 cm³/mol. The first-order valence-corrected chi connectivity index (χ1v) is 12.8. The summed E-state index contributed by atoms with van der Waals surface area (Å²) in [4.78, 5) is 0. The van der Waals surface area contributed by atoms with Crippen LogP contribution in [0.2, 0.25) is 0 Å². The van der Waals surface area contributed by atoms with E-state index in [1.165, 1.54) is 22.3 Å². The van der Waals surface area contributed by atoms with Crippen LogP contribution in [0.5, 0.6) is 11.5 Å². The van der Waals surface area contributed by atoms with E-state index in [0.717, 1.165) is 37.4 Å². The largest absolute Gasteiger partial charge is 0.489 e. The molecule has 1 fully saturated rings. The van der Waals surface area contributed by atoms with Crippen LogP contribution in [-0.2, 0) is 26.1 Å². The first-order chi connectivity index (χ1) is 17.8. The van der Waals surface area contributed by atoms with Crippen molar-refractivity contribution in [2.45, 2.75) is 38.1 Å². The normalized spacial score (nSPS) is 17.4. The van der Waals surface area contributed by atoms with Gasteiger partial charge in [0, 0.05) is 25.2 Å². The van der Waals surface area contributed by atoms with E-state index in [0.29, 0.717) is 25.3 Å². The minimum absolute atomic E-state index is 0.436. The second-order valence-corrected chi connectivity index (χ2v) is 9.46. The molecule has 0 bridgehead atoms. The lowest BCUT2D eigenvalue weighted by Crippen LogP contribution is -2.55. The minimum atomic E-state index is 0.436. The zero-order chi connectivity index (χ0) is 24.4. The Morgan fingerprint density at radius 3 is 1.22 bits per heavy atom. The molecule has 4 heteroatoms.